The molecule has 1 atom stereocenters. The molecule has 1 amide bonds. The number of carbonyl (C=O) groups is 1. The van der Waals surface area contributed by atoms with Gasteiger partial charge in [0.05, 0.1) is 30.4 Å². The summed E-state index contributed by atoms with van der Waals surface area (Å²) in [6.07, 6.45) is 0.490. The number of hydrogen-bond acceptors (Lipinski definition) is 6. The Labute approximate surface area is 152 Å². The van der Waals surface area contributed by atoms with Crippen LogP contribution < -0.4 is 14.8 Å². The fourth-order valence-electron chi connectivity index (χ4n) is 2.92. The normalized spacial score (nSPS) is 18.5. The second-order valence-electron chi connectivity index (χ2n) is 6.16. The van der Waals surface area contributed by atoms with Gasteiger partial charge in [-0.1, -0.05) is 12.1 Å². The lowest BCUT2D eigenvalue weighted by Gasteiger charge is -2.14. The number of hydrogen-bond donors (Lipinski definition) is 1. The van der Waals surface area contributed by atoms with Crippen LogP contribution in [0, 0.1) is 6.92 Å². The Balaban J connectivity index is 1.66. The summed E-state index contributed by atoms with van der Waals surface area (Å²) in [6.45, 7) is 1.59. The molecule has 3 rings (SSSR count). The van der Waals surface area contributed by atoms with Crippen molar-refractivity contribution in [2.75, 3.05) is 30.5 Å². The van der Waals surface area contributed by atoms with E-state index in [1.54, 1.807) is 35.9 Å². The molecular weight excluding hydrogens is 358 g/mol. The molecule has 1 fully saturated rings. The number of nitrogens with zero attached hydrogens (tertiary/aromatic N) is 2. The number of aromatic nitrogens is 2. The first-order valence-corrected chi connectivity index (χ1v) is 10.0. The highest BCUT2D eigenvalue weighted by atomic mass is 32.2. The van der Waals surface area contributed by atoms with E-state index in [9.17, 15) is 13.2 Å². The van der Waals surface area contributed by atoms with Gasteiger partial charge in [-0.25, -0.2) is 13.1 Å². The molecule has 0 unspecified atom stereocenters. The summed E-state index contributed by atoms with van der Waals surface area (Å²) in [5.74, 6) is 1.29. The zero-order valence-corrected chi connectivity index (χ0v) is 15.5. The standard InChI is InChI=1S/C17H21N3O5S/c1-12-9-16(20(19-12)13-7-8-26(22,23)11-13)18-17(21)10-25-15-6-4-3-5-14(15)24-2/h3-6,9,13H,7-8,10-11H2,1-2H3,(H,18,21)/t13-/m0/s1. The van der Waals surface area contributed by atoms with E-state index in [0.717, 1.165) is 0 Å². The van der Waals surface area contributed by atoms with Crippen LogP contribution in [0.15, 0.2) is 30.3 Å². The fraction of sp³-hybridized carbons (Fsp3) is 0.412. The lowest BCUT2D eigenvalue weighted by molar-refractivity contribution is -0.118. The third-order valence-corrected chi connectivity index (χ3v) is 5.86. The number of anilines is 1. The van der Waals surface area contributed by atoms with Gasteiger partial charge in [0.25, 0.3) is 5.91 Å². The van der Waals surface area contributed by atoms with Crippen molar-refractivity contribution in [2.24, 2.45) is 0 Å². The Kier molecular flexibility index (Phi) is 5.17. The monoisotopic (exact) mass is 379 g/mol. The lowest BCUT2D eigenvalue weighted by atomic mass is 10.3. The highest BCUT2D eigenvalue weighted by molar-refractivity contribution is 7.91. The van der Waals surface area contributed by atoms with Gasteiger partial charge in [0.1, 0.15) is 5.82 Å². The van der Waals surface area contributed by atoms with Gasteiger partial charge >= 0.3 is 0 Å². The summed E-state index contributed by atoms with van der Waals surface area (Å²) in [5.41, 5.74) is 0.704. The molecule has 0 spiro atoms. The molecule has 1 aromatic carbocycles. The van der Waals surface area contributed by atoms with Gasteiger partial charge in [-0.05, 0) is 25.5 Å². The van der Waals surface area contributed by atoms with Gasteiger partial charge in [-0.2, -0.15) is 5.10 Å². The van der Waals surface area contributed by atoms with Gasteiger partial charge in [0, 0.05) is 6.07 Å². The van der Waals surface area contributed by atoms with E-state index in [0.29, 0.717) is 29.4 Å². The number of sulfone groups is 1. The largest absolute Gasteiger partial charge is 0.493 e. The molecule has 1 N–H and O–H groups in total. The number of benzene rings is 1. The van der Waals surface area contributed by atoms with E-state index in [4.69, 9.17) is 9.47 Å². The number of rotatable bonds is 6. The van der Waals surface area contributed by atoms with Crippen LogP contribution in [0.4, 0.5) is 5.82 Å². The Hall–Kier alpha value is -2.55. The van der Waals surface area contributed by atoms with E-state index in [1.807, 2.05) is 6.07 Å². The average molecular weight is 379 g/mol. The van der Waals surface area contributed by atoms with Crippen LogP contribution in [-0.2, 0) is 14.6 Å². The molecule has 0 radical (unpaired) electrons. The second-order valence-corrected chi connectivity index (χ2v) is 8.39. The average Bonchev–Trinajstić information content (AvgIpc) is 3.14. The maximum Gasteiger partial charge on any atom is 0.263 e. The number of para-hydroxylation sites is 2. The minimum absolute atomic E-state index is 0.0364. The molecule has 1 aliphatic heterocycles. The van der Waals surface area contributed by atoms with Crippen molar-refractivity contribution in [3.8, 4) is 11.5 Å². The Bertz CT molecular complexity index is 907. The minimum atomic E-state index is -3.05. The first-order valence-electron chi connectivity index (χ1n) is 8.20. The van der Waals surface area contributed by atoms with Crippen molar-refractivity contribution < 1.29 is 22.7 Å². The number of methoxy groups -OCH3 is 1. The maximum absolute atomic E-state index is 12.3. The van der Waals surface area contributed by atoms with Crippen LogP contribution in [0.1, 0.15) is 18.2 Å². The smallest absolute Gasteiger partial charge is 0.263 e. The molecule has 1 aliphatic rings. The zero-order valence-electron chi connectivity index (χ0n) is 14.6. The van der Waals surface area contributed by atoms with Crippen molar-refractivity contribution in [3.63, 3.8) is 0 Å². The van der Waals surface area contributed by atoms with E-state index >= 15 is 0 Å². The van der Waals surface area contributed by atoms with Crippen LogP contribution in [-0.4, -0.2) is 49.3 Å². The van der Waals surface area contributed by atoms with Crippen LogP contribution in [0.2, 0.25) is 0 Å². The highest BCUT2D eigenvalue weighted by Crippen LogP contribution is 2.28. The molecule has 0 bridgehead atoms. The van der Waals surface area contributed by atoms with Crippen LogP contribution in [0.25, 0.3) is 0 Å². The zero-order chi connectivity index (χ0) is 18.7. The van der Waals surface area contributed by atoms with Gasteiger partial charge in [0.15, 0.2) is 27.9 Å². The van der Waals surface area contributed by atoms with Crippen molar-refractivity contribution in [1.29, 1.82) is 0 Å². The Morgan fingerprint density at radius 1 is 1.35 bits per heavy atom. The summed E-state index contributed by atoms with van der Waals surface area (Å²) in [6, 6.07) is 8.50. The Morgan fingerprint density at radius 3 is 2.73 bits per heavy atom. The van der Waals surface area contributed by atoms with Crippen molar-refractivity contribution >= 4 is 21.6 Å². The summed E-state index contributed by atoms with van der Waals surface area (Å²) in [4.78, 5) is 12.3. The predicted octanol–water partition coefficient (Wildman–Crippen LogP) is 1.58. The summed E-state index contributed by atoms with van der Waals surface area (Å²) < 4.78 is 35.7. The topological polar surface area (TPSA) is 99.5 Å². The molecule has 1 aromatic heterocycles. The van der Waals surface area contributed by atoms with Crippen molar-refractivity contribution in [1.82, 2.24) is 9.78 Å². The molecule has 0 aliphatic carbocycles. The van der Waals surface area contributed by atoms with E-state index in [1.165, 1.54) is 7.11 Å². The van der Waals surface area contributed by atoms with Crippen LogP contribution >= 0.6 is 0 Å². The molecule has 140 valence electrons. The third kappa shape index (κ3) is 4.16. The minimum Gasteiger partial charge on any atom is -0.493 e. The maximum atomic E-state index is 12.3. The van der Waals surface area contributed by atoms with Crippen LogP contribution in [0.3, 0.4) is 0 Å². The van der Waals surface area contributed by atoms with Gasteiger partial charge in [-0.15, -0.1) is 0 Å². The second kappa shape index (κ2) is 7.36. The molecule has 2 aromatic rings. The Morgan fingerprint density at radius 2 is 2.08 bits per heavy atom. The first-order chi connectivity index (χ1) is 12.4. The summed E-state index contributed by atoms with van der Waals surface area (Å²) in [5, 5.41) is 7.08. The number of nitrogens with one attached hydrogen (secondary N) is 1. The van der Waals surface area contributed by atoms with E-state index < -0.39 is 9.84 Å². The van der Waals surface area contributed by atoms with E-state index in [2.05, 4.69) is 10.4 Å². The SMILES string of the molecule is COc1ccccc1OCC(=O)Nc1cc(C)nn1[C@H]1CCS(=O)(=O)C1. The third-order valence-electron chi connectivity index (χ3n) is 4.11. The van der Waals surface area contributed by atoms with E-state index in [-0.39, 0.29) is 30.1 Å². The molecule has 2 heterocycles. The molecular formula is C17H21N3O5S. The number of carbonyl (C=O) groups excluding carboxylic acids is 1. The van der Waals surface area contributed by atoms with Crippen molar-refractivity contribution in [2.45, 2.75) is 19.4 Å². The fourth-order valence-corrected chi connectivity index (χ4v) is 4.61. The summed E-state index contributed by atoms with van der Waals surface area (Å²) >= 11 is 0. The van der Waals surface area contributed by atoms with Gasteiger partial charge in [-0.3, -0.25) is 4.79 Å². The molecule has 9 heteroatoms. The number of ether oxygens (including phenoxy) is 2. The highest BCUT2D eigenvalue weighted by Gasteiger charge is 2.31. The van der Waals surface area contributed by atoms with Crippen LogP contribution in [0.5, 0.6) is 11.5 Å². The quantitative estimate of drug-likeness (QED) is 0.818. The van der Waals surface area contributed by atoms with Gasteiger partial charge < -0.3 is 14.8 Å². The molecule has 0 saturated carbocycles. The van der Waals surface area contributed by atoms with Gasteiger partial charge in [0.2, 0.25) is 0 Å². The number of aryl methyl sites for hydroxylation is 1. The number of amides is 1. The summed E-state index contributed by atoms with van der Waals surface area (Å²) in [7, 11) is -1.52. The molecule has 1 saturated heterocycles. The first kappa shape index (κ1) is 18.2. The molecule has 8 nitrogen and oxygen atoms in total. The predicted molar refractivity (Wildman–Crippen MR) is 96.4 cm³/mol. The molecule has 26 heavy (non-hydrogen) atoms. The van der Waals surface area contributed by atoms with Crippen molar-refractivity contribution in [3.05, 3.63) is 36.0 Å². The lowest BCUT2D eigenvalue weighted by Crippen LogP contribution is -2.24.